The zero-order chi connectivity index (χ0) is 15.6. The average molecular weight is 379 g/mol. The van der Waals surface area contributed by atoms with Crippen LogP contribution in [0, 0.1) is 5.82 Å². The first-order chi connectivity index (χ1) is 9.85. The number of sulfonamides is 1. The fourth-order valence-electron chi connectivity index (χ4n) is 2.16. The Labute approximate surface area is 131 Å². The molecular weight excluding hydrogens is 363 g/mol. The first-order valence-corrected chi connectivity index (χ1v) is 8.97. The topological polar surface area (TPSA) is 57.7 Å². The molecule has 8 heteroatoms. The fourth-order valence-corrected chi connectivity index (χ4v) is 3.50. The van der Waals surface area contributed by atoms with Crippen LogP contribution in [0.5, 0.6) is 0 Å². The lowest BCUT2D eigenvalue weighted by Gasteiger charge is -2.33. The third kappa shape index (κ3) is 3.61. The van der Waals surface area contributed by atoms with E-state index >= 15 is 0 Å². The molecule has 0 bridgehead atoms. The van der Waals surface area contributed by atoms with E-state index in [4.69, 9.17) is 0 Å². The smallest absolute Gasteiger partial charge is 0.254 e. The molecule has 0 N–H and O–H groups in total. The number of piperazine rings is 1. The highest BCUT2D eigenvalue weighted by Gasteiger charge is 2.28. The van der Waals surface area contributed by atoms with Crippen LogP contribution in [0.2, 0.25) is 0 Å². The van der Waals surface area contributed by atoms with Gasteiger partial charge in [-0.1, -0.05) is 0 Å². The van der Waals surface area contributed by atoms with Crippen molar-refractivity contribution in [2.45, 2.75) is 6.92 Å². The molecule has 1 fully saturated rings. The summed E-state index contributed by atoms with van der Waals surface area (Å²) in [5.41, 5.74) is 0.266. The quantitative estimate of drug-likeness (QED) is 0.803. The molecule has 1 saturated heterocycles. The van der Waals surface area contributed by atoms with Crippen LogP contribution in [-0.2, 0) is 10.0 Å². The summed E-state index contributed by atoms with van der Waals surface area (Å²) >= 11 is 3.04. The molecule has 116 valence electrons. The molecule has 1 aliphatic rings. The van der Waals surface area contributed by atoms with Crippen molar-refractivity contribution in [3.05, 3.63) is 34.1 Å². The summed E-state index contributed by atoms with van der Waals surface area (Å²) in [5, 5.41) is 0. The summed E-state index contributed by atoms with van der Waals surface area (Å²) in [6.45, 7) is 2.78. The Morgan fingerprint density at radius 2 is 1.90 bits per heavy atom. The number of hydrogen-bond acceptors (Lipinski definition) is 3. The zero-order valence-electron chi connectivity index (χ0n) is 11.6. The van der Waals surface area contributed by atoms with Crippen molar-refractivity contribution in [3.63, 3.8) is 0 Å². The summed E-state index contributed by atoms with van der Waals surface area (Å²) < 4.78 is 38.7. The van der Waals surface area contributed by atoms with E-state index in [1.807, 2.05) is 0 Å². The molecule has 0 radical (unpaired) electrons. The molecular formula is C13H16BrFN2O3S. The number of nitrogens with zero attached hydrogens (tertiary/aromatic N) is 2. The Hall–Kier alpha value is -0.990. The number of amides is 1. The number of carbonyl (C=O) groups excluding carboxylic acids is 1. The molecule has 0 unspecified atom stereocenters. The van der Waals surface area contributed by atoms with Crippen molar-refractivity contribution < 1.29 is 17.6 Å². The standard InChI is InChI=1S/C13H16BrFN2O3S/c1-2-21(19,20)17-7-5-16(6-8-17)13(18)10-3-4-11(14)12(15)9-10/h3-4,9H,2,5-8H2,1H3. The second kappa shape index (κ2) is 6.41. The van der Waals surface area contributed by atoms with Crippen LogP contribution in [0.1, 0.15) is 17.3 Å². The van der Waals surface area contributed by atoms with Gasteiger partial charge in [-0.15, -0.1) is 0 Å². The summed E-state index contributed by atoms with van der Waals surface area (Å²) in [5.74, 6) is -0.721. The SMILES string of the molecule is CCS(=O)(=O)N1CCN(C(=O)c2ccc(Br)c(F)c2)CC1. The lowest BCUT2D eigenvalue weighted by Crippen LogP contribution is -2.50. The lowest BCUT2D eigenvalue weighted by molar-refractivity contribution is 0.0697. The summed E-state index contributed by atoms with van der Waals surface area (Å²) in [4.78, 5) is 13.8. The predicted octanol–water partition coefficient (Wildman–Crippen LogP) is 1.70. The number of hydrogen-bond donors (Lipinski definition) is 0. The Morgan fingerprint density at radius 3 is 2.43 bits per heavy atom. The first-order valence-electron chi connectivity index (χ1n) is 6.57. The highest BCUT2D eigenvalue weighted by Crippen LogP contribution is 2.18. The highest BCUT2D eigenvalue weighted by atomic mass is 79.9. The maximum Gasteiger partial charge on any atom is 0.254 e. The van der Waals surface area contributed by atoms with Crippen LogP contribution in [0.4, 0.5) is 4.39 Å². The molecule has 0 aliphatic carbocycles. The maximum absolute atomic E-state index is 13.5. The van der Waals surface area contributed by atoms with Crippen molar-refractivity contribution in [2.24, 2.45) is 0 Å². The van der Waals surface area contributed by atoms with Gasteiger partial charge in [0.25, 0.3) is 5.91 Å². The van der Waals surface area contributed by atoms with Gasteiger partial charge in [0, 0.05) is 31.7 Å². The van der Waals surface area contributed by atoms with Gasteiger partial charge in [0.2, 0.25) is 10.0 Å². The number of rotatable bonds is 3. The van der Waals surface area contributed by atoms with E-state index in [2.05, 4.69) is 15.9 Å². The molecule has 5 nitrogen and oxygen atoms in total. The van der Waals surface area contributed by atoms with Crippen molar-refractivity contribution in [1.29, 1.82) is 0 Å². The van der Waals surface area contributed by atoms with Crippen molar-refractivity contribution in [2.75, 3.05) is 31.9 Å². The normalized spacial score (nSPS) is 17.0. The summed E-state index contributed by atoms with van der Waals surface area (Å²) in [6.07, 6.45) is 0. The Morgan fingerprint density at radius 1 is 1.29 bits per heavy atom. The highest BCUT2D eigenvalue weighted by molar-refractivity contribution is 9.10. The van der Waals surface area contributed by atoms with E-state index in [0.29, 0.717) is 17.6 Å². The van der Waals surface area contributed by atoms with Gasteiger partial charge < -0.3 is 4.90 Å². The third-order valence-electron chi connectivity index (χ3n) is 3.45. The van der Waals surface area contributed by atoms with Gasteiger partial charge >= 0.3 is 0 Å². The summed E-state index contributed by atoms with van der Waals surface area (Å²) in [7, 11) is -3.22. The van der Waals surface area contributed by atoms with Gasteiger partial charge in [0.05, 0.1) is 10.2 Å². The van der Waals surface area contributed by atoms with Crippen molar-refractivity contribution >= 4 is 31.9 Å². The molecule has 0 aromatic heterocycles. The third-order valence-corrected chi connectivity index (χ3v) is 5.98. The van der Waals surface area contributed by atoms with E-state index in [1.54, 1.807) is 17.9 Å². The molecule has 21 heavy (non-hydrogen) atoms. The van der Waals surface area contributed by atoms with E-state index in [9.17, 15) is 17.6 Å². The molecule has 1 aromatic carbocycles. The minimum Gasteiger partial charge on any atom is -0.336 e. The largest absolute Gasteiger partial charge is 0.336 e. The molecule has 2 rings (SSSR count). The van der Waals surface area contributed by atoms with Crippen LogP contribution in [0.3, 0.4) is 0 Å². The van der Waals surface area contributed by atoms with Gasteiger partial charge in [-0.05, 0) is 41.1 Å². The molecule has 0 atom stereocenters. The first kappa shape index (κ1) is 16.4. The number of halogens is 2. The number of carbonyl (C=O) groups is 1. The second-order valence-electron chi connectivity index (χ2n) is 4.72. The molecule has 1 amide bonds. The molecule has 0 spiro atoms. The fraction of sp³-hybridized carbons (Fsp3) is 0.462. The second-order valence-corrected chi connectivity index (χ2v) is 7.83. The van der Waals surface area contributed by atoms with E-state index in [0.717, 1.165) is 0 Å². The minimum absolute atomic E-state index is 0.0544. The van der Waals surface area contributed by atoms with Gasteiger partial charge in [-0.2, -0.15) is 4.31 Å². The number of benzene rings is 1. The van der Waals surface area contributed by atoms with E-state index in [-0.39, 0.29) is 30.3 Å². The van der Waals surface area contributed by atoms with E-state index in [1.165, 1.54) is 16.4 Å². The van der Waals surface area contributed by atoms with Crippen LogP contribution < -0.4 is 0 Å². The molecule has 1 aromatic rings. The lowest BCUT2D eigenvalue weighted by atomic mass is 10.2. The summed E-state index contributed by atoms with van der Waals surface area (Å²) in [6, 6.07) is 4.21. The maximum atomic E-state index is 13.5. The van der Waals surface area contributed by atoms with Crippen LogP contribution >= 0.6 is 15.9 Å². The van der Waals surface area contributed by atoms with Crippen LogP contribution in [-0.4, -0.2) is 55.5 Å². The molecule has 1 heterocycles. The zero-order valence-corrected chi connectivity index (χ0v) is 14.0. The molecule has 1 aliphatic heterocycles. The Kier molecular flexibility index (Phi) is 5.00. The molecule has 0 saturated carbocycles. The Balaban J connectivity index is 2.05. The Bertz CT molecular complexity index is 643. The van der Waals surface area contributed by atoms with E-state index < -0.39 is 15.8 Å². The predicted molar refractivity (Wildman–Crippen MR) is 81.0 cm³/mol. The monoisotopic (exact) mass is 378 g/mol. The minimum atomic E-state index is -3.22. The average Bonchev–Trinajstić information content (AvgIpc) is 2.49. The van der Waals surface area contributed by atoms with Crippen molar-refractivity contribution in [1.82, 2.24) is 9.21 Å². The van der Waals surface area contributed by atoms with Crippen molar-refractivity contribution in [3.8, 4) is 0 Å². The van der Waals surface area contributed by atoms with Gasteiger partial charge in [-0.3, -0.25) is 4.79 Å². The van der Waals surface area contributed by atoms with Gasteiger partial charge in [0.15, 0.2) is 0 Å². The van der Waals surface area contributed by atoms with Gasteiger partial charge in [0.1, 0.15) is 5.82 Å². The van der Waals surface area contributed by atoms with Gasteiger partial charge in [-0.25, -0.2) is 12.8 Å². The van der Waals surface area contributed by atoms with Crippen LogP contribution in [0.15, 0.2) is 22.7 Å². The van der Waals surface area contributed by atoms with Crippen LogP contribution in [0.25, 0.3) is 0 Å².